The van der Waals surface area contributed by atoms with Crippen molar-refractivity contribution in [3.8, 4) is 5.75 Å². The number of benzene rings is 2. The molecule has 0 unspecified atom stereocenters. The lowest BCUT2D eigenvalue weighted by molar-refractivity contribution is 0.0982. The summed E-state index contributed by atoms with van der Waals surface area (Å²) in [6.45, 7) is 2.08. The zero-order valence-electron chi connectivity index (χ0n) is 12.1. The van der Waals surface area contributed by atoms with Gasteiger partial charge in [0.25, 0.3) is 0 Å². The summed E-state index contributed by atoms with van der Waals surface area (Å²) >= 11 is 0. The highest BCUT2D eigenvalue weighted by Gasteiger charge is 2.09. The Kier molecular flexibility index (Phi) is 4.94. The van der Waals surface area contributed by atoms with E-state index in [1.54, 1.807) is 7.11 Å². The smallest absolute Gasteiger partial charge is 0.163 e. The average molecular weight is 268 g/mol. The van der Waals surface area contributed by atoms with Crippen LogP contribution in [0.2, 0.25) is 0 Å². The lowest BCUT2D eigenvalue weighted by Gasteiger charge is -2.07. The molecular weight excluding hydrogens is 248 g/mol. The molecule has 0 aliphatic heterocycles. The molecule has 0 aliphatic carbocycles. The molecule has 0 fully saturated rings. The number of carbonyl (C=O) groups is 1. The maximum Gasteiger partial charge on any atom is 0.163 e. The molecule has 0 saturated carbocycles. The van der Waals surface area contributed by atoms with Crippen LogP contribution in [-0.4, -0.2) is 12.9 Å². The van der Waals surface area contributed by atoms with Crippen molar-refractivity contribution in [3.05, 3.63) is 65.2 Å². The second-order valence-electron chi connectivity index (χ2n) is 4.78. The predicted octanol–water partition coefficient (Wildman–Crippen LogP) is 4.07. The zero-order chi connectivity index (χ0) is 14.4. The van der Waals surface area contributed by atoms with Crippen molar-refractivity contribution < 1.29 is 9.53 Å². The third kappa shape index (κ3) is 3.47. The lowest BCUT2D eigenvalue weighted by atomic mass is 9.97. The highest BCUT2D eigenvalue weighted by Crippen LogP contribution is 2.16. The topological polar surface area (TPSA) is 26.3 Å². The molecule has 0 atom stereocenters. The minimum Gasteiger partial charge on any atom is -0.497 e. The first kappa shape index (κ1) is 14.3. The van der Waals surface area contributed by atoms with Crippen molar-refractivity contribution in [1.82, 2.24) is 0 Å². The molecule has 0 radical (unpaired) electrons. The van der Waals surface area contributed by atoms with Gasteiger partial charge in [-0.25, -0.2) is 0 Å². The van der Waals surface area contributed by atoms with Gasteiger partial charge >= 0.3 is 0 Å². The molecule has 2 aromatic carbocycles. The minimum atomic E-state index is 0.221. The molecule has 104 valence electrons. The fourth-order valence-electron chi connectivity index (χ4n) is 2.29. The summed E-state index contributed by atoms with van der Waals surface area (Å²) in [4.78, 5) is 12.3. The molecule has 2 aromatic rings. The molecule has 0 aliphatic rings. The van der Waals surface area contributed by atoms with Gasteiger partial charge in [0, 0.05) is 12.0 Å². The Morgan fingerprint density at radius 1 is 1.05 bits per heavy atom. The number of hydrogen-bond donors (Lipinski definition) is 0. The van der Waals surface area contributed by atoms with Crippen LogP contribution in [0.1, 0.15) is 34.8 Å². The summed E-state index contributed by atoms with van der Waals surface area (Å²) in [7, 11) is 1.65. The van der Waals surface area contributed by atoms with E-state index in [1.165, 1.54) is 0 Å². The van der Waals surface area contributed by atoms with Gasteiger partial charge in [-0.3, -0.25) is 4.79 Å². The predicted molar refractivity (Wildman–Crippen MR) is 81.5 cm³/mol. The number of hydrogen-bond acceptors (Lipinski definition) is 2. The Morgan fingerprint density at radius 2 is 1.75 bits per heavy atom. The van der Waals surface area contributed by atoms with E-state index in [1.807, 2.05) is 48.5 Å². The summed E-state index contributed by atoms with van der Waals surface area (Å²) in [6, 6.07) is 15.8. The van der Waals surface area contributed by atoms with Gasteiger partial charge in [-0.1, -0.05) is 43.3 Å². The van der Waals surface area contributed by atoms with Gasteiger partial charge < -0.3 is 4.74 Å². The molecule has 0 heterocycles. The standard InChI is InChI=1S/C18H20O2/c1-3-15-6-4-5-7-17(15)18(19)13-10-14-8-11-16(20-2)12-9-14/h4-9,11-12H,3,10,13H2,1-2H3. The van der Waals surface area contributed by atoms with Gasteiger partial charge in [0.1, 0.15) is 5.75 Å². The zero-order valence-corrected chi connectivity index (χ0v) is 12.1. The van der Waals surface area contributed by atoms with Crippen LogP contribution >= 0.6 is 0 Å². The van der Waals surface area contributed by atoms with E-state index < -0.39 is 0 Å². The van der Waals surface area contributed by atoms with E-state index in [0.717, 1.165) is 35.3 Å². The van der Waals surface area contributed by atoms with Crippen LogP contribution in [0.4, 0.5) is 0 Å². The van der Waals surface area contributed by atoms with Gasteiger partial charge in [-0.05, 0) is 36.1 Å². The van der Waals surface area contributed by atoms with Crippen LogP contribution in [0.25, 0.3) is 0 Å². The van der Waals surface area contributed by atoms with Gasteiger partial charge in [-0.15, -0.1) is 0 Å². The van der Waals surface area contributed by atoms with Gasteiger partial charge in [0.2, 0.25) is 0 Å². The lowest BCUT2D eigenvalue weighted by Crippen LogP contribution is -2.04. The Bertz CT molecular complexity index is 570. The highest BCUT2D eigenvalue weighted by atomic mass is 16.5. The SMILES string of the molecule is CCc1ccccc1C(=O)CCc1ccc(OC)cc1. The maximum absolute atomic E-state index is 12.3. The number of methoxy groups -OCH3 is 1. The maximum atomic E-state index is 12.3. The van der Waals surface area contributed by atoms with Crippen LogP contribution in [0, 0.1) is 0 Å². The summed E-state index contributed by atoms with van der Waals surface area (Å²) in [5, 5.41) is 0. The van der Waals surface area contributed by atoms with E-state index in [4.69, 9.17) is 4.74 Å². The van der Waals surface area contributed by atoms with Crippen LogP contribution in [-0.2, 0) is 12.8 Å². The summed E-state index contributed by atoms with van der Waals surface area (Å²) in [5.41, 5.74) is 3.16. The van der Waals surface area contributed by atoms with Gasteiger partial charge in [-0.2, -0.15) is 0 Å². The van der Waals surface area contributed by atoms with E-state index in [0.29, 0.717) is 6.42 Å². The van der Waals surface area contributed by atoms with Crippen molar-refractivity contribution in [3.63, 3.8) is 0 Å². The number of ketones is 1. The molecule has 20 heavy (non-hydrogen) atoms. The Hall–Kier alpha value is -2.09. The summed E-state index contributed by atoms with van der Waals surface area (Å²) < 4.78 is 5.13. The monoisotopic (exact) mass is 268 g/mol. The summed E-state index contributed by atoms with van der Waals surface area (Å²) in [6.07, 6.45) is 2.20. The van der Waals surface area contributed by atoms with Crippen LogP contribution in [0.15, 0.2) is 48.5 Å². The van der Waals surface area contributed by atoms with Crippen molar-refractivity contribution in [2.75, 3.05) is 7.11 Å². The molecule has 2 heteroatoms. The highest BCUT2D eigenvalue weighted by molar-refractivity contribution is 5.97. The number of ether oxygens (including phenoxy) is 1. The first-order valence-corrected chi connectivity index (χ1v) is 6.98. The number of rotatable bonds is 6. The largest absolute Gasteiger partial charge is 0.497 e. The molecule has 0 spiro atoms. The van der Waals surface area contributed by atoms with Crippen LogP contribution < -0.4 is 4.74 Å². The van der Waals surface area contributed by atoms with Crippen molar-refractivity contribution in [1.29, 1.82) is 0 Å². The molecule has 2 rings (SSSR count). The number of carbonyl (C=O) groups excluding carboxylic acids is 1. The molecular formula is C18H20O2. The van der Waals surface area contributed by atoms with Crippen molar-refractivity contribution in [2.45, 2.75) is 26.2 Å². The van der Waals surface area contributed by atoms with Crippen LogP contribution in [0.3, 0.4) is 0 Å². The van der Waals surface area contributed by atoms with Crippen LogP contribution in [0.5, 0.6) is 5.75 Å². The minimum absolute atomic E-state index is 0.221. The second kappa shape index (κ2) is 6.90. The van der Waals surface area contributed by atoms with E-state index in [2.05, 4.69) is 6.92 Å². The van der Waals surface area contributed by atoms with E-state index in [9.17, 15) is 4.79 Å². The van der Waals surface area contributed by atoms with E-state index in [-0.39, 0.29) is 5.78 Å². The fraction of sp³-hybridized carbons (Fsp3) is 0.278. The van der Waals surface area contributed by atoms with Crippen molar-refractivity contribution >= 4 is 5.78 Å². The third-order valence-corrected chi connectivity index (χ3v) is 3.50. The normalized spacial score (nSPS) is 10.3. The molecule has 2 nitrogen and oxygen atoms in total. The quantitative estimate of drug-likeness (QED) is 0.738. The molecule has 0 bridgehead atoms. The first-order chi connectivity index (χ1) is 9.74. The van der Waals surface area contributed by atoms with Gasteiger partial charge in [0.15, 0.2) is 5.78 Å². The van der Waals surface area contributed by atoms with Gasteiger partial charge in [0.05, 0.1) is 7.11 Å². The van der Waals surface area contributed by atoms with Crippen molar-refractivity contribution in [2.24, 2.45) is 0 Å². The van der Waals surface area contributed by atoms with E-state index >= 15 is 0 Å². The average Bonchev–Trinajstić information content (AvgIpc) is 2.53. The Morgan fingerprint density at radius 3 is 2.40 bits per heavy atom. The molecule has 0 saturated heterocycles. The summed E-state index contributed by atoms with van der Waals surface area (Å²) in [5.74, 6) is 1.06. The first-order valence-electron chi connectivity index (χ1n) is 6.98. The second-order valence-corrected chi connectivity index (χ2v) is 4.78. The Labute approximate surface area is 120 Å². The third-order valence-electron chi connectivity index (χ3n) is 3.50. The molecule has 0 amide bonds. The number of Topliss-reactive ketones (excluding diaryl/α,β-unsaturated/α-hetero) is 1. The fourth-order valence-corrected chi connectivity index (χ4v) is 2.29. The number of aryl methyl sites for hydroxylation is 2. The molecule has 0 N–H and O–H groups in total. The molecule has 0 aromatic heterocycles. The Balaban J connectivity index is 2.01.